The van der Waals surface area contributed by atoms with Gasteiger partial charge in [0.25, 0.3) is 0 Å². The first-order valence-corrected chi connectivity index (χ1v) is 35.8. The number of H-pyrrole nitrogens is 1. The number of allylic oxidation sites excluding steroid dienone is 5. The SMILES string of the molecule is CCC1OC(=O)C(c2cc[nH]c2)C1C1C#CCC2CC3(O)C4=C5NC(CO)C(=O)CC(c6ccc(O)cc6)CSSCC6C(O)C(O)CC(C)(C4C4CCC(CN=C(N)N)C3(C4)C2C(C)(O)C(O)CC(C(O)O)C2C3C=CC1C2C1CC(C)CCC1=C3)C6C5=O. The molecule has 2 saturated heterocycles. The van der Waals surface area contributed by atoms with Gasteiger partial charge in [0.05, 0.1) is 47.7 Å². The lowest BCUT2D eigenvalue weighted by Crippen LogP contribution is -2.71. The topological polar surface area (TPSA) is 335 Å². The van der Waals surface area contributed by atoms with Crippen LogP contribution in [0.3, 0.4) is 0 Å². The number of esters is 1. The number of Topliss-reactive ketones (excluding diaryl/α,β-unsaturated/α-hetero) is 2. The summed E-state index contributed by atoms with van der Waals surface area (Å²) in [6, 6.07) is 7.19. The number of carbonyl (C=O) groups is 3. The normalized spacial score (nSPS) is 46.4. The van der Waals surface area contributed by atoms with E-state index in [1.54, 1.807) is 37.4 Å². The Hall–Kier alpha value is -4.66. The molecule has 20 heteroatoms. The highest BCUT2D eigenvalue weighted by Crippen LogP contribution is 2.77. The zero-order valence-electron chi connectivity index (χ0n) is 52.0. The number of hydrogen-bond donors (Lipinski definition) is 13. The second-order valence-corrected chi connectivity index (χ2v) is 32.5. The quantitative estimate of drug-likeness (QED) is 0.0292. The van der Waals surface area contributed by atoms with Gasteiger partial charge in [0.2, 0.25) is 0 Å². The van der Waals surface area contributed by atoms with E-state index in [0.717, 1.165) is 30.4 Å². The van der Waals surface area contributed by atoms with Gasteiger partial charge in [-0.2, -0.15) is 0 Å². The number of phenolic OH excluding ortho intramolecular Hbond substituents is 1. The molecule has 11 aliphatic rings. The largest absolute Gasteiger partial charge is 0.508 e. The third-order valence-corrected chi connectivity index (χ3v) is 28.0. The Kier molecular flexibility index (Phi) is 17.3. The Morgan fingerprint density at radius 3 is 2.39 bits per heavy atom. The van der Waals surface area contributed by atoms with Gasteiger partial charge in [0, 0.05) is 90.1 Å². The van der Waals surface area contributed by atoms with Crippen molar-refractivity contribution >= 4 is 45.1 Å². The molecule has 1 aromatic carbocycles. The van der Waals surface area contributed by atoms with Gasteiger partial charge in [0.1, 0.15) is 17.9 Å². The number of ketones is 2. The Bertz CT molecular complexity index is 3270. The van der Waals surface area contributed by atoms with Gasteiger partial charge in [-0.15, -0.1) is 5.92 Å². The summed E-state index contributed by atoms with van der Waals surface area (Å²) in [6.07, 6.45) is 7.90. The van der Waals surface area contributed by atoms with E-state index in [0.29, 0.717) is 36.5 Å². The van der Waals surface area contributed by atoms with E-state index < -0.39 is 148 Å². The number of aliphatic hydroxyl groups excluding tert-OH is 5. The fraction of sp³-hybridized carbons (Fsp3) is 0.686. The van der Waals surface area contributed by atoms with E-state index in [4.69, 9.17) is 16.2 Å². The Labute approximate surface area is 535 Å². The average molecular weight is 1280 g/mol. The molecule has 7 fully saturated rings. The van der Waals surface area contributed by atoms with Crippen molar-refractivity contribution in [3.63, 3.8) is 0 Å². The van der Waals surface area contributed by atoms with Crippen molar-refractivity contribution < 1.29 is 65.1 Å². The minimum absolute atomic E-state index is 0.00672. The predicted octanol–water partition coefficient (Wildman–Crippen LogP) is 5.58. The molecule has 27 atom stereocenters. The van der Waals surface area contributed by atoms with Crippen LogP contribution in [0, 0.1) is 117 Å². The number of hydrogen-bond acceptors (Lipinski definition) is 17. The molecule has 9 aliphatic carbocycles. The van der Waals surface area contributed by atoms with Crippen LogP contribution in [0.2, 0.25) is 0 Å². The van der Waals surface area contributed by atoms with E-state index in [-0.39, 0.29) is 104 Å². The van der Waals surface area contributed by atoms with Crippen LogP contribution in [-0.2, 0) is 19.1 Å². The summed E-state index contributed by atoms with van der Waals surface area (Å²) in [7, 11) is 2.95. The summed E-state index contributed by atoms with van der Waals surface area (Å²) >= 11 is 0. The van der Waals surface area contributed by atoms with Crippen LogP contribution in [0.4, 0.5) is 0 Å². The smallest absolute Gasteiger partial charge is 0.314 e. The number of aliphatic hydroxyl groups is 8. The summed E-state index contributed by atoms with van der Waals surface area (Å²) in [5.41, 5.74) is 8.82. The van der Waals surface area contributed by atoms with Gasteiger partial charge in [-0.3, -0.25) is 19.4 Å². The van der Waals surface area contributed by atoms with Gasteiger partial charge in [0.15, 0.2) is 23.8 Å². The Morgan fingerprint density at radius 2 is 1.68 bits per heavy atom. The first-order chi connectivity index (χ1) is 43.0. The molecular weight excluding hydrogens is 1180 g/mol. The van der Waals surface area contributed by atoms with Crippen LogP contribution in [0.1, 0.15) is 128 Å². The van der Waals surface area contributed by atoms with Crippen molar-refractivity contribution in [2.24, 2.45) is 122 Å². The number of aromatic hydroxyl groups is 1. The average Bonchev–Trinajstić information content (AvgIpc) is 1.29. The van der Waals surface area contributed by atoms with Crippen LogP contribution >= 0.6 is 21.6 Å². The van der Waals surface area contributed by atoms with E-state index in [2.05, 4.69) is 52.3 Å². The number of benzene rings is 1. The molecular formula is C70H93N5O13S2. The number of aromatic amines is 1. The van der Waals surface area contributed by atoms with Crippen LogP contribution < -0.4 is 16.8 Å². The first-order valence-electron chi connectivity index (χ1n) is 33.3. The van der Waals surface area contributed by atoms with E-state index in [9.17, 15) is 45.6 Å². The lowest BCUT2D eigenvalue weighted by atomic mass is 9.37. The lowest BCUT2D eigenvalue weighted by Gasteiger charge is -2.69. The summed E-state index contributed by atoms with van der Waals surface area (Å²) in [5.74, 6) is -2.09. The van der Waals surface area contributed by atoms with E-state index in [1.165, 1.54) is 27.2 Å². The summed E-state index contributed by atoms with van der Waals surface area (Å²) in [6.45, 7) is 7.15. The molecule has 5 saturated carbocycles. The molecule has 3 heterocycles. The van der Waals surface area contributed by atoms with Crippen LogP contribution in [-0.4, -0.2) is 147 Å². The fourth-order valence-electron chi connectivity index (χ4n) is 21.9. The maximum Gasteiger partial charge on any atom is 0.314 e. The van der Waals surface area contributed by atoms with Crippen molar-refractivity contribution in [3.05, 3.63) is 88.9 Å². The number of carbonyl (C=O) groups excluding carboxylic acids is 3. The van der Waals surface area contributed by atoms with Crippen LogP contribution in [0.25, 0.3) is 0 Å². The zero-order chi connectivity index (χ0) is 63.7. The summed E-state index contributed by atoms with van der Waals surface area (Å²) in [5, 5.41) is 117. The minimum atomic E-state index is -2.13. The predicted molar refractivity (Wildman–Crippen MR) is 341 cm³/mol. The molecule has 90 heavy (non-hydrogen) atoms. The van der Waals surface area contributed by atoms with Gasteiger partial charge in [-0.1, -0.05) is 84.2 Å². The number of nitrogens with two attached hydrogens (primary N) is 2. The number of ether oxygens (including phenoxy) is 1. The fourth-order valence-corrected chi connectivity index (χ4v) is 24.7. The van der Waals surface area contributed by atoms with Gasteiger partial charge >= 0.3 is 5.97 Å². The molecule has 8 bridgehead atoms. The second-order valence-electron chi connectivity index (χ2n) is 29.9. The summed E-state index contributed by atoms with van der Waals surface area (Å²) < 4.78 is 6.38. The number of cyclic esters (lactones) is 1. The number of aliphatic imine (C=N–C) groups is 1. The number of fused-ring (bicyclic) bond motifs is 8. The molecule has 27 unspecified atom stereocenters. The van der Waals surface area contributed by atoms with Crippen molar-refractivity contribution in [2.75, 3.05) is 24.7 Å². The molecule has 1 aromatic heterocycles. The molecule has 2 aromatic rings. The monoisotopic (exact) mass is 1280 g/mol. The number of aromatic nitrogens is 1. The molecule has 2 aliphatic heterocycles. The number of rotatable bonds is 8. The lowest BCUT2D eigenvalue weighted by molar-refractivity contribution is -0.233. The third-order valence-electron chi connectivity index (χ3n) is 25.4. The minimum Gasteiger partial charge on any atom is -0.508 e. The van der Waals surface area contributed by atoms with Crippen molar-refractivity contribution in [1.82, 2.24) is 10.3 Å². The van der Waals surface area contributed by atoms with Gasteiger partial charge < -0.3 is 72.5 Å². The molecule has 1 spiro atoms. The van der Waals surface area contributed by atoms with Gasteiger partial charge in [-0.25, -0.2) is 0 Å². The highest BCUT2D eigenvalue weighted by Gasteiger charge is 2.79. The van der Waals surface area contributed by atoms with E-state index >= 15 is 14.7 Å². The number of guanidine groups is 1. The molecule has 13 rings (SSSR count). The molecule has 0 radical (unpaired) electrons. The van der Waals surface area contributed by atoms with Crippen molar-refractivity contribution in [3.8, 4) is 17.6 Å². The first kappa shape index (κ1) is 64.1. The molecule has 15 N–H and O–H groups in total. The Morgan fingerprint density at radius 1 is 0.911 bits per heavy atom. The molecule has 0 amide bonds. The molecule has 18 nitrogen and oxygen atoms in total. The van der Waals surface area contributed by atoms with Gasteiger partial charge in [-0.05, 0) is 171 Å². The Balaban J connectivity index is 1.03. The highest BCUT2D eigenvalue weighted by atomic mass is 33.1. The van der Waals surface area contributed by atoms with Crippen LogP contribution in [0.5, 0.6) is 5.75 Å². The van der Waals surface area contributed by atoms with Crippen LogP contribution in [0.15, 0.2) is 82.8 Å². The molecule has 488 valence electrons. The third kappa shape index (κ3) is 10.2. The second kappa shape index (κ2) is 24.3. The van der Waals surface area contributed by atoms with E-state index in [1.807, 2.05) is 26.1 Å². The standard InChI is InChI=1S/C70H93N5O13S2/c1-5-51-56(54(65(85)88-51)39-19-20-73-28-39)43-8-6-7-38-26-70(87)59-57(67(3)27-50(79)61(81)47-32-90-89-31-40(34-12-16-42(77)17-13-34)23-49(78)48(30-76)75-60(59)62(82)58(47)67)37-11-15-41(29-74-66(71)72)69(70,25-37)63(38)68(4,86)52(80)24-46(64(83)84)53-36-14-18-44(43)55(53)45-21-33(2)9-10-35(45)22-36/h12-14,16-20,22,28,33,36-38,40-41,43-48,50-58,61,63-64,73,75-77,79-81,83-84,86-87H,5,7,9-11,15,21,23-27,29-32H2,1-4H3,(H4,71,72,74). The number of phenols is 1. The maximum atomic E-state index is 16.5. The van der Waals surface area contributed by atoms with Crippen molar-refractivity contribution in [1.29, 1.82) is 0 Å². The maximum absolute atomic E-state index is 16.5. The summed E-state index contributed by atoms with van der Waals surface area (Å²) in [4.78, 5) is 53.9. The zero-order valence-corrected chi connectivity index (χ0v) is 53.7. The highest BCUT2D eigenvalue weighted by molar-refractivity contribution is 8.76. The van der Waals surface area contributed by atoms with Crippen molar-refractivity contribution in [2.45, 2.75) is 165 Å². The number of nitrogens with one attached hydrogen (secondary N) is 2. The number of nitrogens with zero attached hydrogens (tertiary/aromatic N) is 1.